The Bertz CT molecular complexity index is 1020. The Morgan fingerprint density at radius 1 is 1.14 bits per heavy atom. The molecule has 1 heterocycles. The predicted molar refractivity (Wildman–Crippen MR) is 105 cm³/mol. The van der Waals surface area contributed by atoms with Crippen LogP contribution in [0.1, 0.15) is 31.2 Å². The highest BCUT2D eigenvalue weighted by Gasteiger charge is 2.19. The van der Waals surface area contributed by atoms with Crippen molar-refractivity contribution in [2.75, 3.05) is 6.61 Å². The van der Waals surface area contributed by atoms with Crippen molar-refractivity contribution in [1.29, 1.82) is 5.26 Å². The summed E-state index contributed by atoms with van der Waals surface area (Å²) < 4.78 is 16.2. The van der Waals surface area contributed by atoms with E-state index >= 15 is 0 Å². The SMILES string of the molecule is C[C@@H](Oc1ccc(C#N)cc1)C(=O)OCC(=O)N[C@H](C)c1cc2ccccc2o1. The van der Waals surface area contributed by atoms with Crippen LogP contribution in [0.25, 0.3) is 11.0 Å². The van der Waals surface area contributed by atoms with E-state index in [0.717, 1.165) is 11.0 Å². The molecule has 29 heavy (non-hydrogen) atoms. The average molecular weight is 392 g/mol. The van der Waals surface area contributed by atoms with Crippen LogP contribution >= 0.6 is 0 Å². The number of hydrogen-bond acceptors (Lipinski definition) is 6. The van der Waals surface area contributed by atoms with Gasteiger partial charge in [0.05, 0.1) is 17.7 Å². The summed E-state index contributed by atoms with van der Waals surface area (Å²) in [7, 11) is 0. The first-order chi connectivity index (χ1) is 14.0. The molecule has 7 nitrogen and oxygen atoms in total. The lowest BCUT2D eigenvalue weighted by Gasteiger charge is -2.15. The molecule has 0 aliphatic carbocycles. The maximum atomic E-state index is 12.1. The minimum atomic E-state index is -0.900. The Kier molecular flexibility index (Phi) is 6.15. The second kappa shape index (κ2) is 8.93. The van der Waals surface area contributed by atoms with Gasteiger partial charge >= 0.3 is 5.97 Å². The lowest BCUT2D eigenvalue weighted by Crippen LogP contribution is -2.34. The molecular formula is C22H20N2O5. The third kappa shape index (κ3) is 5.14. The number of fused-ring (bicyclic) bond motifs is 1. The molecule has 1 N–H and O–H groups in total. The van der Waals surface area contributed by atoms with Crippen molar-refractivity contribution in [1.82, 2.24) is 5.32 Å². The maximum absolute atomic E-state index is 12.1. The van der Waals surface area contributed by atoms with Crippen molar-refractivity contribution >= 4 is 22.8 Å². The van der Waals surface area contributed by atoms with E-state index in [9.17, 15) is 9.59 Å². The zero-order valence-corrected chi connectivity index (χ0v) is 16.0. The van der Waals surface area contributed by atoms with Crippen molar-refractivity contribution in [3.05, 3.63) is 65.9 Å². The highest BCUT2D eigenvalue weighted by molar-refractivity contribution is 5.82. The van der Waals surface area contributed by atoms with Gasteiger partial charge in [-0.2, -0.15) is 5.26 Å². The molecule has 7 heteroatoms. The van der Waals surface area contributed by atoms with Crippen LogP contribution < -0.4 is 10.1 Å². The first-order valence-corrected chi connectivity index (χ1v) is 9.07. The van der Waals surface area contributed by atoms with Gasteiger partial charge < -0.3 is 19.2 Å². The monoisotopic (exact) mass is 392 g/mol. The summed E-state index contributed by atoms with van der Waals surface area (Å²) >= 11 is 0. The van der Waals surface area contributed by atoms with Crippen LogP contribution in [0.5, 0.6) is 5.75 Å². The van der Waals surface area contributed by atoms with Gasteiger partial charge in [0.25, 0.3) is 5.91 Å². The zero-order chi connectivity index (χ0) is 20.8. The number of esters is 1. The summed E-state index contributed by atoms with van der Waals surface area (Å²) in [4.78, 5) is 24.1. The second-order valence-corrected chi connectivity index (χ2v) is 6.48. The quantitative estimate of drug-likeness (QED) is 0.618. The van der Waals surface area contributed by atoms with E-state index in [0.29, 0.717) is 17.1 Å². The number of carbonyl (C=O) groups is 2. The highest BCUT2D eigenvalue weighted by atomic mass is 16.6. The van der Waals surface area contributed by atoms with Gasteiger partial charge in [0.2, 0.25) is 0 Å². The van der Waals surface area contributed by atoms with E-state index in [1.165, 1.54) is 6.92 Å². The van der Waals surface area contributed by atoms with E-state index in [1.54, 1.807) is 31.2 Å². The van der Waals surface area contributed by atoms with Crippen LogP contribution in [0.4, 0.5) is 0 Å². The Hall–Kier alpha value is -3.79. The molecule has 0 fully saturated rings. The van der Waals surface area contributed by atoms with E-state index in [1.807, 2.05) is 36.4 Å². The molecular weight excluding hydrogens is 372 g/mol. The Labute approximate surface area is 167 Å². The molecule has 1 aromatic heterocycles. The molecule has 0 aliphatic rings. The fourth-order valence-corrected chi connectivity index (χ4v) is 2.68. The van der Waals surface area contributed by atoms with Crippen LogP contribution in [-0.4, -0.2) is 24.6 Å². The van der Waals surface area contributed by atoms with Gasteiger partial charge in [-0.15, -0.1) is 0 Å². The number of benzene rings is 2. The summed E-state index contributed by atoms with van der Waals surface area (Å²) in [5, 5.41) is 12.5. The number of furan rings is 1. The first-order valence-electron chi connectivity index (χ1n) is 9.07. The standard InChI is InChI=1S/C22H20N2O5/c1-14(20-11-17-5-3-4-6-19(17)29-20)24-21(25)13-27-22(26)15(2)28-18-9-7-16(12-23)8-10-18/h3-11,14-15H,13H2,1-2H3,(H,24,25)/t14-,15-/m1/s1. The first kappa shape index (κ1) is 20.0. The molecule has 0 bridgehead atoms. The van der Waals surface area contributed by atoms with Crippen molar-refractivity contribution < 1.29 is 23.5 Å². The van der Waals surface area contributed by atoms with Gasteiger partial charge in [-0.25, -0.2) is 4.79 Å². The highest BCUT2D eigenvalue weighted by Crippen LogP contribution is 2.23. The number of para-hydroxylation sites is 1. The molecule has 0 unspecified atom stereocenters. The topological polar surface area (TPSA) is 102 Å². The van der Waals surface area contributed by atoms with Gasteiger partial charge in [-0.05, 0) is 50.2 Å². The molecule has 2 aromatic carbocycles. The number of nitrogens with one attached hydrogen (secondary N) is 1. The molecule has 2 atom stereocenters. The van der Waals surface area contributed by atoms with Crippen molar-refractivity contribution in [3.8, 4) is 11.8 Å². The van der Waals surface area contributed by atoms with E-state index < -0.39 is 24.6 Å². The summed E-state index contributed by atoms with van der Waals surface area (Å²) in [5.41, 5.74) is 1.23. The fourth-order valence-electron chi connectivity index (χ4n) is 2.68. The molecule has 0 radical (unpaired) electrons. The summed E-state index contributed by atoms with van der Waals surface area (Å²) in [5.74, 6) is -0.0717. The normalized spacial score (nSPS) is 12.6. The number of carbonyl (C=O) groups excluding carboxylic acids is 2. The Morgan fingerprint density at radius 3 is 2.55 bits per heavy atom. The van der Waals surface area contributed by atoms with Crippen molar-refractivity contribution in [2.24, 2.45) is 0 Å². The average Bonchev–Trinajstić information content (AvgIpc) is 3.17. The molecule has 0 saturated carbocycles. The van der Waals surface area contributed by atoms with Crippen molar-refractivity contribution in [2.45, 2.75) is 26.0 Å². The van der Waals surface area contributed by atoms with E-state index in [2.05, 4.69) is 5.32 Å². The number of nitrogens with zero attached hydrogens (tertiary/aromatic N) is 1. The zero-order valence-electron chi connectivity index (χ0n) is 16.0. The third-order valence-corrected chi connectivity index (χ3v) is 4.22. The largest absolute Gasteiger partial charge is 0.479 e. The van der Waals surface area contributed by atoms with E-state index in [4.69, 9.17) is 19.2 Å². The van der Waals surface area contributed by atoms with Gasteiger partial charge in [0, 0.05) is 5.39 Å². The van der Waals surface area contributed by atoms with Crippen molar-refractivity contribution in [3.63, 3.8) is 0 Å². The molecule has 148 valence electrons. The summed E-state index contributed by atoms with van der Waals surface area (Å²) in [6.07, 6.45) is -0.900. The molecule has 3 rings (SSSR count). The Morgan fingerprint density at radius 2 is 1.86 bits per heavy atom. The summed E-state index contributed by atoms with van der Waals surface area (Å²) in [6, 6.07) is 17.4. The fraction of sp³-hybridized carbons (Fsp3) is 0.227. The van der Waals surface area contributed by atoms with Gasteiger partial charge in [0.1, 0.15) is 17.1 Å². The molecule has 3 aromatic rings. The number of ether oxygens (including phenoxy) is 2. The van der Waals surface area contributed by atoms with Gasteiger partial charge in [0.15, 0.2) is 12.7 Å². The minimum Gasteiger partial charge on any atom is -0.479 e. The molecule has 0 spiro atoms. The smallest absolute Gasteiger partial charge is 0.347 e. The lowest BCUT2D eigenvalue weighted by molar-refractivity contribution is -0.154. The van der Waals surface area contributed by atoms with Crippen LogP contribution in [-0.2, 0) is 14.3 Å². The second-order valence-electron chi connectivity index (χ2n) is 6.48. The Balaban J connectivity index is 1.47. The van der Waals surface area contributed by atoms with Crippen LogP contribution in [0.15, 0.2) is 59.0 Å². The maximum Gasteiger partial charge on any atom is 0.347 e. The van der Waals surface area contributed by atoms with Gasteiger partial charge in [-0.3, -0.25) is 4.79 Å². The van der Waals surface area contributed by atoms with Crippen LogP contribution in [0, 0.1) is 11.3 Å². The van der Waals surface area contributed by atoms with Gasteiger partial charge in [-0.1, -0.05) is 18.2 Å². The molecule has 0 aliphatic heterocycles. The van der Waals surface area contributed by atoms with Crippen LogP contribution in [0.3, 0.4) is 0 Å². The predicted octanol–water partition coefficient (Wildman–Crippen LogP) is 3.49. The summed E-state index contributed by atoms with van der Waals surface area (Å²) in [6.45, 7) is 2.88. The minimum absolute atomic E-state index is 0.374. The van der Waals surface area contributed by atoms with Crippen LogP contribution in [0.2, 0.25) is 0 Å². The third-order valence-electron chi connectivity index (χ3n) is 4.22. The lowest BCUT2D eigenvalue weighted by atomic mass is 10.2. The number of hydrogen-bond donors (Lipinski definition) is 1. The number of amides is 1. The molecule has 0 saturated heterocycles. The van der Waals surface area contributed by atoms with E-state index in [-0.39, 0.29) is 6.04 Å². The molecule has 1 amide bonds. The number of nitriles is 1. The number of rotatable bonds is 7.